The van der Waals surface area contributed by atoms with E-state index in [2.05, 4.69) is 10.1 Å². The normalized spacial score (nSPS) is 11.0. The van der Waals surface area contributed by atoms with Gasteiger partial charge in [0.25, 0.3) is 5.91 Å². The lowest BCUT2D eigenvalue weighted by Gasteiger charge is -2.13. The highest BCUT2D eigenvalue weighted by atomic mass is 19.4. The third-order valence-electron chi connectivity index (χ3n) is 3.36. The molecule has 4 nitrogen and oxygen atoms in total. The molecule has 1 amide bonds. The number of amides is 1. The van der Waals surface area contributed by atoms with Crippen LogP contribution in [0.4, 0.5) is 18.9 Å². The first-order valence-electron chi connectivity index (χ1n) is 6.90. The lowest BCUT2D eigenvalue weighted by Crippen LogP contribution is -2.17. The van der Waals surface area contributed by atoms with Crippen molar-refractivity contribution in [2.45, 2.75) is 13.1 Å². The van der Waals surface area contributed by atoms with Crippen molar-refractivity contribution < 1.29 is 27.5 Å². The molecule has 2 aromatic rings. The van der Waals surface area contributed by atoms with Crippen LogP contribution >= 0.6 is 0 Å². The van der Waals surface area contributed by atoms with Gasteiger partial charge in [-0.3, -0.25) is 4.79 Å². The van der Waals surface area contributed by atoms with Crippen molar-refractivity contribution in [1.29, 1.82) is 0 Å². The first-order chi connectivity index (χ1) is 11.2. The van der Waals surface area contributed by atoms with Crippen LogP contribution in [0.3, 0.4) is 0 Å². The fraction of sp³-hybridized carbons (Fsp3) is 0.176. The second-order valence-corrected chi connectivity index (χ2v) is 5.02. The number of alkyl halides is 3. The summed E-state index contributed by atoms with van der Waals surface area (Å²) in [4.78, 5) is 24.1. The number of nitrogens with one attached hydrogen (secondary N) is 1. The summed E-state index contributed by atoms with van der Waals surface area (Å²) < 4.78 is 42.9. The monoisotopic (exact) mass is 337 g/mol. The second-order valence-electron chi connectivity index (χ2n) is 5.02. The number of benzene rings is 2. The number of ether oxygens (including phenoxy) is 1. The largest absolute Gasteiger partial charge is 0.465 e. The topological polar surface area (TPSA) is 55.4 Å². The molecule has 0 aromatic heterocycles. The van der Waals surface area contributed by atoms with Gasteiger partial charge in [-0.15, -0.1) is 0 Å². The van der Waals surface area contributed by atoms with Gasteiger partial charge in [0.15, 0.2) is 0 Å². The van der Waals surface area contributed by atoms with Crippen molar-refractivity contribution in [3.63, 3.8) is 0 Å². The van der Waals surface area contributed by atoms with Gasteiger partial charge in [0.1, 0.15) is 0 Å². The SMILES string of the molecule is COC(=O)c1c(C)cccc1NC(=O)c1cccc(C(F)(F)F)c1. The van der Waals surface area contributed by atoms with Crippen LogP contribution in [-0.2, 0) is 10.9 Å². The number of anilines is 1. The van der Waals surface area contributed by atoms with Crippen molar-refractivity contribution in [3.05, 3.63) is 64.7 Å². The fourth-order valence-corrected chi connectivity index (χ4v) is 2.18. The number of rotatable bonds is 3. The zero-order valence-electron chi connectivity index (χ0n) is 12.9. The zero-order chi connectivity index (χ0) is 17.9. The van der Waals surface area contributed by atoms with Crippen LogP contribution in [0.25, 0.3) is 0 Å². The summed E-state index contributed by atoms with van der Waals surface area (Å²) in [7, 11) is 1.20. The molecule has 0 aliphatic carbocycles. The Balaban J connectivity index is 2.35. The van der Waals surface area contributed by atoms with E-state index in [9.17, 15) is 22.8 Å². The third kappa shape index (κ3) is 3.73. The van der Waals surface area contributed by atoms with Crippen LogP contribution in [-0.4, -0.2) is 19.0 Å². The Morgan fingerprint density at radius 3 is 2.38 bits per heavy atom. The van der Waals surface area contributed by atoms with E-state index in [4.69, 9.17) is 0 Å². The standard InChI is InChI=1S/C17H14F3NO3/c1-10-5-3-8-13(14(10)16(23)24-2)21-15(22)11-6-4-7-12(9-11)17(18,19)20/h3-9H,1-2H3,(H,21,22). The van der Waals surface area contributed by atoms with Gasteiger partial charge in [-0.25, -0.2) is 4.79 Å². The van der Waals surface area contributed by atoms with Gasteiger partial charge in [0.05, 0.1) is 23.9 Å². The number of carbonyl (C=O) groups is 2. The predicted molar refractivity (Wildman–Crippen MR) is 81.9 cm³/mol. The maximum absolute atomic E-state index is 12.7. The van der Waals surface area contributed by atoms with E-state index >= 15 is 0 Å². The van der Waals surface area contributed by atoms with Gasteiger partial charge >= 0.3 is 12.1 Å². The van der Waals surface area contributed by atoms with Crippen LogP contribution < -0.4 is 5.32 Å². The van der Waals surface area contributed by atoms with Crippen molar-refractivity contribution in [1.82, 2.24) is 0 Å². The number of hydrogen-bond acceptors (Lipinski definition) is 3. The molecule has 0 aliphatic rings. The average Bonchev–Trinajstić information content (AvgIpc) is 2.53. The summed E-state index contributed by atoms with van der Waals surface area (Å²) in [6.07, 6.45) is -4.54. The predicted octanol–water partition coefficient (Wildman–Crippen LogP) is 4.05. The maximum Gasteiger partial charge on any atom is 0.416 e. The van der Waals surface area contributed by atoms with Crippen molar-refractivity contribution in [2.24, 2.45) is 0 Å². The van der Waals surface area contributed by atoms with Crippen LogP contribution in [0.15, 0.2) is 42.5 Å². The quantitative estimate of drug-likeness (QED) is 0.860. The molecule has 24 heavy (non-hydrogen) atoms. The van der Waals surface area contributed by atoms with E-state index < -0.39 is 23.6 Å². The summed E-state index contributed by atoms with van der Waals surface area (Å²) in [5, 5.41) is 2.45. The van der Waals surface area contributed by atoms with E-state index in [-0.39, 0.29) is 16.8 Å². The minimum absolute atomic E-state index is 0.153. The molecule has 0 saturated carbocycles. The molecule has 0 heterocycles. The summed E-state index contributed by atoms with van der Waals surface area (Å²) in [6, 6.07) is 8.79. The van der Waals surface area contributed by atoms with E-state index in [0.717, 1.165) is 18.2 Å². The van der Waals surface area contributed by atoms with E-state index in [1.807, 2.05) is 0 Å². The molecular formula is C17H14F3NO3. The van der Waals surface area contributed by atoms with Gasteiger partial charge in [-0.05, 0) is 36.8 Å². The Hall–Kier alpha value is -2.83. The van der Waals surface area contributed by atoms with Crippen LogP contribution in [0.2, 0.25) is 0 Å². The Labute approximate surface area is 136 Å². The van der Waals surface area contributed by atoms with Crippen molar-refractivity contribution in [3.8, 4) is 0 Å². The molecule has 0 spiro atoms. The molecule has 1 N–H and O–H groups in total. The highest BCUT2D eigenvalue weighted by molar-refractivity contribution is 6.08. The highest BCUT2D eigenvalue weighted by Crippen LogP contribution is 2.30. The molecule has 0 atom stereocenters. The van der Waals surface area contributed by atoms with E-state index in [1.165, 1.54) is 19.2 Å². The summed E-state index contributed by atoms with van der Waals surface area (Å²) in [5.41, 5.74) is -0.192. The zero-order valence-corrected chi connectivity index (χ0v) is 12.9. The number of aryl methyl sites for hydroxylation is 1. The minimum Gasteiger partial charge on any atom is -0.465 e. The Kier molecular flexibility index (Phi) is 4.92. The molecule has 126 valence electrons. The second kappa shape index (κ2) is 6.74. The van der Waals surface area contributed by atoms with Gasteiger partial charge in [0, 0.05) is 5.56 Å². The first-order valence-corrected chi connectivity index (χ1v) is 6.90. The van der Waals surface area contributed by atoms with E-state index in [0.29, 0.717) is 5.56 Å². The molecule has 2 aromatic carbocycles. The minimum atomic E-state index is -4.54. The molecule has 2 rings (SSSR count). The van der Waals surface area contributed by atoms with Crippen molar-refractivity contribution in [2.75, 3.05) is 12.4 Å². The third-order valence-corrected chi connectivity index (χ3v) is 3.36. The number of hydrogen-bond donors (Lipinski definition) is 1. The molecule has 0 unspecified atom stereocenters. The van der Waals surface area contributed by atoms with Gasteiger partial charge in [-0.1, -0.05) is 18.2 Å². The number of methoxy groups -OCH3 is 1. The van der Waals surface area contributed by atoms with E-state index in [1.54, 1.807) is 19.1 Å². The van der Waals surface area contributed by atoms with Crippen LogP contribution in [0.1, 0.15) is 31.8 Å². The maximum atomic E-state index is 12.7. The number of carbonyl (C=O) groups excluding carboxylic acids is 2. The summed E-state index contributed by atoms with van der Waals surface area (Å²) in [6.45, 7) is 1.66. The van der Waals surface area contributed by atoms with Crippen LogP contribution in [0, 0.1) is 6.92 Å². The first kappa shape index (κ1) is 17.5. The summed E-state index contributed by atoms with van der Waals surface area (Å²) in [5.74, 6) is -1.40. The summed E-state index contributed by atoms with van der Waals surface area (Å²) >= 11 is 0. The lowest BCUT2D eigenvalue weighted by atomic mass is 10.1. The van der Waals surface area contributed by atoms with Crippen LogP contribution in [0.5, 0.6) is 0 Å². The molecule has 0 aliphatic heterocycles. The lowest BCUT2D eigenvalue weighted by molar-refractivity contribution is -0.137. The Morgan fingerprint density at radius 1 is 1.08 bits per heavy atom. The molecular weight excluding hydrogens is 323 g/mol. The molecule has 0 bridgehead atoms. The van der Waals surface area contributed by atoms with Crippen molar-refractivity contribution >= 4 is 17.6 Å². The van der Waals surface area contributed by atoms with Gasteiger partial charge in [0.2, 0.25) is 0 Å². The Bertz CT molecular complexity index is 785. The molecule has 7 heteroatoms. The number of halogens is 3. The van der Waals surface area contributed by atoms with Gasteiger partial charge in [-0.2, -0.15) is 13.2 Å². The molecule has 0 saturated heterocycles. The fourth-order valence-electron chi connectivity index (χ4n) is 2.18. The molecule has 0 radical (unpaired) electrons. The molecule has 0 fully saturated rings. The van der Waals surface area contributed by atoms with Gasteiger partial charge < -0.3 is 10.1 Å². The number of esters is 1. The smallest absolute Gasteiger partial charge is 0.416 e. The highest BCUT2D eigenvalue weighted by Gasteiger charge is 2.31. The average molecular weight is 337 g/mol. The Morgan fingerprint density at radius 2 is 1.75 bits per heavy atom.